The number of oxime groups is 1. The molecular formula is C43H61N5O11S. The standard InChI is InChI=1S/C43H61N5O11S/c1-11-32-43(8,53)37-24(4)33-22(2)19-42(7,36(25(5)34(49)26(6)40(52)57-32)58-41-35(50)29(48(9)10)17-23(3)56-41)55-21-27(20-54-37)47-59-30(39(51)46-33)18-28-13-14-31(60-28)38-44-15-12-16-45-38/h12-16,22-26,29-30,32,35-37,41,50,53H,11,17-21H2,1-10H3/b46-33?,47-27+/t22-,23-,24-,25+,26-,29+,30?,32-,35-,36-,37+,41+,42-,43-/m1/s1. The minimum absolute atomic E-state index is 0.144. The number of rotatable bonds is 7. The number of aliphatic imine (C=N–C) groups is 1. The van der Waals surface area contributed by atoms with Gasteiger partial charge in [-0.25, -0.2) is 15.0 Å². The van der Waals surface area contributed by atoms with Crippen LogP contribution in [-0.4, -0.2) is 142 Å². The minimum atomic E-state index is -1.84. The first-order chi connectivity index (χ1) is 28.3. The first-order valence-corrected chi connectivity index (χ1v) is 21.7. The Bertz CT molecular complexity index is 1910. The van der Waals surface area contributed by atoms with E-state index in [0.717, 1.165) is 9.75 Å². The summed E-state index contributed by atoms with van der Waals surface area (Å²) in [5, 5.41) is 28.6. The topological polar surface area (TPSA) is 201 Å². The summed E-state index contributed by atoms with van der Waals surface area (Å²) in [6.07, 6.45) is -2.67. The Hall–Kier alpha value is -3.55. The number of cyclic esters (lactones) is 1. The molecule has 60 heavy (non-hydrogen) atoms. The second-order valence-corrected chi connectivity index (χ2v) is 18.7. The zero-order valence-electron chi connectivity index (χ0n) is 36.3. The van der Waals surface area contributed by atoms with E-state index >= 15 is 0 Å². The molecule has 3 fully saturated rings. The van der Waals surface area contributed by atoms with E-state index in [4.69, 9.17) is 33.5 Å². The van der Waals surface area contributed by atoms with E-state index in [1.54, 1.807) is 39.2 Å². The zero-order chi connectivity index (χ0) is 43.7. The molecule has 4 aliphatic rings. The molecule has 4 aliphatic heterocycles. The van der Waals surface area contributed by atoms with Crippen molar-refractivity contribution in [3.63, 3.8) is 0 Å². The second-order valence-electron chi connectivity index (χ2n) is 17.5. The van der Waals surface area contributed by atoms with Gasteiger partial charge in [-0.1, -0.05) is 32.9 Å². The summed E-state index contributed by atoms with van der Waals surface area (Å²) in [6.45, 7) is 13.5. The van der Waals surface area contributed by atoms with Crippen molar-refractivity contribution in [2.24, 2.45) is 33.8 Å². The molecule has 1 unspecified atom stereocenters. The highest BCUT2D eigenvalue weighted by Gasteiger charge is 2.53. The van der Waals surface area contributed by atoms with Gasteiger partial charge in [-0.3, -0.25) is 14.4 Å². The molecule has 330 valence electrons. The summed E-state index contributed by atoms with van der Waals surface area (Å²) in [5.74, 6) is -4.90. The molecular weight excluding hydrogens is 795 g/mol. The van der Waals surface area contributed by atoms with Gasteiger partial charge in [0, 0.05) is 47.3 Å². The predicted octanol–water partition coefficient (Wildman–Crippen LogP) is 4.05. The van der Waals surface area contributed by atoms with Crippen molar-refractivity contribution in [2.75, 3.05) is 27.3 Å². The Morgan fingerprint density at radius 2 is 1.73 bits per heavy atom. The normalized spacial score (nSPS) is 39.5. The number of aliphatic hydroxyl groups is 2. The highest BCUT2D eigenvalue weighted by atomic mass is 32.1. The summed E-state index contributed by atoms with van der Waals surface area (Å²) in [6, 6.07) is 5.20. The molecule has 16 nitrogen and oxygen atoms in total. The maximum Gasteiger partial charge on any atom is 0.316 e. The largest absolute Gasteiger partial charge is 0.459 e. The van der Waals surface area contributed by atoms with Crippen LogP contribution in [0.25, 0.3) is 10.7 Å². The Labute approximate surface area is 356 Å². The number of esters is 1. The number of likely N-dealkylation sites (N-methyl/N-ethyl adjacent to an activating group) is 1. The minimum Gasteiger partial charge on any atom is -0.459 e. The van der Waals surface area contributed by atoms with E-state index in [0.29, 0.717) is 18.0 Å². The van der Waals surface area contributed by atoms with Gasteiger partial charge in [0.05, 0.1) is 42.0 Å². The molecule has 17 heteroatoms. The van der Waals surface area contributed by atoms with Crippen molar-refractivity contribution >= 4 is 40.4 Å². The fourth-order valence-corrected chi connectivity index (χ4v) is 10.1. The van der Waals surface area contributed by atoms with E-state index in [-0.39, 0.29) is 50.3 Å². The van der Waals surface area contributed by atoms with Gasteiger partial charge < -0.3 is 43.6 Å². The fraction of sp³-hybridized carbons (Fsp3) is 0.698. The van der Waals surface area contributed by atoms with Crippen LogP contribution >= 0.6 is 11.3 Å². The molecule has 14 atom stereocenters. The average molecular weight is 856 g/mol. The second kappa shape index (κ2) is 18.8. The number of ether oxygens (including phenoxy) is 5. The van der Waals surface area contributed by atoms with Gasteiger partial charge >= 0.3 is 5.97 Å². The first kappa shape index (κ1) is 46.0. The number of fused-ring (bicyclic) bond motifs is 4. The van der Waals surface area contributed by atoms with E-state index in [9.17, 15) is 24.6 Å². The summed E-state index contributed by atoms with van der Waals surface area (Å²) in [7, 11) is 3.74. The number of Topliss-reactive ketones (excluding diaryl/α,β-unsaturated/α-hetero) is 1. The number of amides is 1. The Morgan fingerprint density at radius 3 is 2.42 bits per heavy atom. The summed E-state index contributed by atoms with van der Waals surface area (Å²) in [4.78, 5) is 66.0. The number of nitrogens with zero attached hydrogens (tertiary/aromatic N) is 5. The molecule has 6 rings (SSSR count). The van der Waals surface area contributed by atoms with Crippen LogP contribution in [0.5, 0.6) is 0 Å². The zero-order valence-corrected chi connectivity index (χ0v) is 37.1. The molecule has 2 aromatic rings. The Balaban J connectivity index is 1.48. The predicted molar refractivity (Wildman–Crippen MR) is 222 cm³/mol. The molecule has 0 spiro atoms. The molecule has 0 aliphatic carbocycles. The summed E-state index contributed by atoms with van der Waals surface area (Å²) >= 11 is 1.43. The molecule has 4 bridgehead atoms. The lowest BCUT2D eigenvalue weighted by Gasteiger charge is -2.47. The van der Waals surface area contributed by atoms with Crippen LogP contribution in [0.1, 0.15) is 79.5 Å². The third-order valence-electron chi connectivity index (χ3n) is 12.5. The van der Waals surface area contributed by atoms with Crippen LogP contribution in [0, 0.1) is 23.7 Å². The molecule has 6 heterocycles. The third-order valence-corrected chi connectivity index (χ3v) is 13.6. The van der Waals surface area contributed by atoms with Crippen molar-refractivity contribution in [1.82, 2.24) is 14.9 Å². The monoisotopic (exact) mass is 855 g/mol. The van der Waals surface area contributed by atoms with Crippen LogP contribution < -0.4 is 0 Å². The number of ketones is 1. The van der Waals surface area contributed by atoms with Gasteiger partial charge in [-0.05, 0) is 85.2 Å². The van der Waals surface area contributed by atoms with Gasteiger partial charge in [0.2, 0.25) is 6.10 Å². The lowest BCUT2D eigenvalue weighted by atomic mass is 9.73. The molecule has 0 saturated carbocycles. The number of carbonyl (C=O) groups excluding carboxylic acids is 3. The molecule has 2 N–H and O–H groups in total. The van der Waals surface area contributed by atoms with Gasteiger partial charge in [-0.2, -0.15) is 0 Å². The fourth-order valence-electron chi connectivity index (χ4n) is 9.15. The lowest BCUT2D eigenvalue weighted by molar-refractivity contribution is -0.296. The van der Waals surface area contributed by atoms with E-state index < -0.39 is 89.3 Å². The maximum atomic E-state index is 14.5. The molecule has 2 aromatic heterocycles. The number of aromatic nitrogens is 2. The van der Waals surface area contributed by atoms with Gasteiger partial charge in [0.1, 0.15) is 29.4 Å². The number of aliphatic hydroxyl groups excluding tert-OH is 1. The van der Waals surface area contributed by atoms with Crippen molar-refractivity contribution < 1.29 is 53.1 Å². The Morgan fingerprint density at radius 1 is 1.02 bits per heavy atom. The van der Waals surface area contributed by atoms with Gasteiger partial charge in [-0.15, -0.1) is 11.3 Å². The van der Waals surface area contributed by atoms with Gasteiger partial charge in [0.15, 0.2) is 17.9 Å². The van der Waals surface area contributed by atoms with Gasteiger partial charge in [0.25, 0.3) is 5.91 Å². The van der Waals surface area contributed by atoms with Crippen LogP contribution in [-0.2, 0) is 49.3 Å². The Kier molecular flexibility index (Phi) is 14.4. The maximum absolute atomic E-state index is 14.5. The van der Waals surface area contributed by atoms with Crippen molar-refractivity contribution in [3.05, 3.63) is 35.5 Å². The average Bonchev–Trinajstić information content (AvgIpc) is 3.67. The van der Waals surface area contributed by atoms with Crippen molar-refractivity contribution in [1.29, 1.82) is 0 Å². The summed E-state index contributed by atoms with van der Waals surface area (Å²) in [5.41, 5.74) is -2.58. The molecule has 0 radical (unpaired) electrons. The first-order valence-electron chi connectivity index (χ1n) is 20.9. The summed E-state index contributed by atoms with van der Waals surface area (Å²) < 4.78 is 32.5. The molecule has 0 aromatic carbocycles. The SMILES string of the molecule is CC[C@H]1OC(=O)[C@H](C)C(=O)[C@H](C)[C@@H](O[C@@H]2O[C@H](C)C[C@H](N(C)C)[C@H]2O)[C@@]2(C)C[C@@H](C)C3=NC(=O)C(Cc4ccc(-c5ncccn5)s4)O/N=C(\CO[C@@H]([C@@H]3C)[C@]1(C)O)CO2. The number of hydrogen-bond acceptors (Lipinski definition) is 16. The van der Waals surface area contributed by atoms with Crippen LogP contribution in [0.15, 0.2) is 40.7 Å². The van der Waals surface area contributed by atoms with E-state index in [1.165, 1.54) is 25.2 Å². The van der Waals surface area contributed by atoms with E-state index in [2.05, 4.69) is 15.1 Å². The van der Waals surface area contributed by atoms with E-state index in [1.807, 2.05) is 51.9 Å². The number of hydrogen-bond donors (Lipinski definition) is 2. The highest BCUT2D eigenvalue weighted by Crippen LogP contribution is 2.40. The van der Waals surface area contributed by atoms with Crippen LogP contribution in [0.2, 0.25) is 0 Å². The molecule has 3 saturated heterocycles. The smallest absolute Gasteiger partial charge is 0.316 e. The lowest BCUT2D eigenvalue weighted by Crippen LogP contribution is -2.60. The van der Waals surface area contributed by atoms with Crippen LogP contribution in [0.3, 0.4) is 0 Å². The molecule has 1 amide bonds. The quantitative estimate of drug-likeness (QED) is 0.299. The number of carbonyl (C=O) groups is 3. The highest BCUT2D eigenvalue weighted by molar-refractivity contribution is 7.15. The van der Waals surface area contributed by atoms with Crippen molar-refractivity contribution in [2.45, 2.75) is 141 Å². The number of thiophene rings is 1. The third kappa shape index (κ3) is 9.73. The van der Waals surface area contributed by atoms with Crippen LogP contribution in [0.4, 0.5) is 0 Å². The van der Waals surface area contributed by atoms with Crippen molar-refractivity contribution in [3.8, 4) is 10.7 Å².